The van der Waals surface area contributed by atoms with Crippen LogP contribution in [-0.2, 0) is 11.8 Å². The SMILES string of the molecule is Cl.Cl.Cn1cc(C2=NCC3(CC4CCC(C3)N4)O2)c2ccccc21.O. The maximum Gasteiger partial charge on any atom is 0.219 e. The lowest BCUT2D eigenvalue weighted by molar-refractivity contribution is 0.0348. The highest BCUT2D eigenvalue weighted by molar-refractivity contribution is 6.07. The topological polar surface area (TPSA) is 70.0 Å². The fourth-order valence-corrected chi connectivity index (χ4v) is 4.56. The van der Waals surface area contributed by atoms with Gasteiger partial charge in [-0.15, -0.1) is 24.8 Å². The second kappa shape index (κ2) is 7.16. The molecule has 25 heavy (non-hydrogen) atoms. The predicted molar refractivity (Wildman–Crippen MR) is 105 cm³/mol. The number of piperidine rings is 1. The van der Waals surface area contributed by atoms with Crippen molar-refractivity contribution >= 4 is 41.6 Å². The third-order valence-corrected chi connectivity index (χ3v) is 5.52. The summed E-state index contributed by atoms with van der Waals surface area (Å²) in [5.74, 6) is 0.845. The van der Waals surface area contributed by atoms with Gasteiger partial charge in [0, 0.05) is 49.1 Å². The van der Waals surface area contributed by atoms with Gasteiger partial charge in [-0.05, 0) is 18.9 Å². The van der Waals surface area contributed by atoms with Gasteiger partial charge in [-0.1, -0.05) is 18.2 Å². The molecule has 2 aromatic rings. The van der Waals surface area contributed by atoms with Crippen molar-refractivity contribution < 1.29 is 10.2 Å². The molecule has 2 unspecified atom stereocenters. The van der Waals surface area contributed by atoms with E-state index in [1.54, 1.807) is 0 Å². The summed E-state index contributed by atoms with van der Waals surface area (Å²) in [5.41, 5.74) is 2.32. The van der Waals surface area contributed by atoms with Crippen LogP contribution in [0, 0.1) is 0 Å². The van der Waals surface area contributed by atoms with Crippen LogP contribution in [0.1, 0.15) is 31.2 Å². The zero-order valence-electron chi connectivity index (χ0n) is 14.2. The molecule has 1 aromatic carbocycles. The third-order valence-electron chi connectivity index (χ3n) is 5.52. The lowest BCUT2D eigenvalue weighted by atomic mass is 9.88. The van der Waals surface area contributed by atoms with Crippen LogP contribution in [0.15, 0.2) is 35.5 Å². The van der Waals surface area contributed by atoms with Crippen LogP contribution in [0.2, 0.25) is 0 Å². The van der Waals surface area contributed by atoms with Crippen molar-refractivity contribution in [2.24, 2.45) is 12.0 Å². The quantitative estimate of drug-likeness (QED) is 0.819. The van der Waals surface area contributed by atoms with Crippen LogP contribution in [0.5, 0.6) is 0 Å². The Morgan fingerprint density at radius 3 is 2.56 bits per heavy atom. The maximum atomic E-state index is 6.47. The van der Waals surface area contributed by atoms with E-state index in [1.165, 1.54) is 23.7 Å². The van der Waals surface area contributed by atoms with E-state index in [4.69, 9.17) is 9.73 Å². The molecule has 3 N–H and O–H groups in total. The minimum atomic E-state index is -0.0522. The molecule has 138 valence electrons. The molecule has 2 bridgehead atoms. The van der Waals surface area contributed by atoms with Crippen molar-refractivity contribution in [3.05, 3.63) is 36.0 Å². The number of nitrogens with one attached hydrogen (secondary N) is 1. The Bertz CT molecular complexity index is 778. The molecule has 3 aliphatic heterocycles. The first-order chi connectivity index (χ1) is 10.7. The second-order valence-electron chi connectivity index (χ2n) is 7.12. The van der Waals surface area contributed by atoms with Crippen LogP contribution < -0.4 is 5.32 Å². The molecule has 5 nitrogen and oxygen atoms in total. The number of hydrogen-bond acceptors (Lipinski definition) is 3. The first-order valence-corrected chi connectivity index (χ1v) is 8.26. The minimum absolute atomic E-state index is 0. The standard InChI is InChI=1S/C18H21N3O.2ClH.H2O/c1-21-10-15(14-4-2-3-5-16(14)21)17-19-11-18(22-17)8-12-6-7-13(9-18)20-12;;;/h2-5,10,12-13,20H,6-9,11H2,1H3;2*1H;1H2. The van der Waals surface area contributed by atoms with Gasteiger partial charge in [-0.2, -0.15) is 0 Å². The fraction of sp³-hybridized carbons (Fsp3) is 0.500. The Balaban J connectivity index is 0.000000751. The molecule has 2 atom stereocenters. The molecule has 0 aliphatic carbocycles. The summed E-state index contributed by atoms with van der Waals surface area (Å²) in [6, 6.07) is 9.72. The van der Waals surface area contributed by atoms with Crippen molar-refractivity contribution in [2.75, 3.05) is 6.54 Å². The van der Waals surface area contributed by atoms with E-state index in [2.05, 4.69) is 47.4 Å². The van der Waals surface area contributed by atoms with E-state index in [1.807, 2.05) is 0 Å². The van der Waals surface area contributed by atoms with Crippen LogP contribution in [0.4, 0.5) is 0 Å². The van der Waals surface area contributed by atoms with Gasteiger partial charge in [0.05, 0.1) is 12.1 Å². The first-order valence-electron chi connectivity index (χ1n) is 8.26. The number of aliphatic imine (C=N–C) groups is 1. The van der Waals surface area contributed by atoms with E-state index in [0.717, 1.165) is 30.8 Å². The summed E-state index contributed by atoms with van der Waals surface area (Å²) in [4.78, 5) is 4.80. The Morgan fingerprint density at radius 1 is 1.16 bits per heavy atom. The Hall–Kier alpha value is -1.27. The van der Waals surface area contributed by atoms with Gasteiger partial charge in [-0.25, -0.2) is 4.99 Å². The third kappa shape index (κ3) is 3.14. The number of ether oxygens (including phenoxy) is 1. The van der Waals surface area contributed by atoms with Crippen molar-refractivity contribution in [3.8, 4) is 0 Å². The molecule has 0 radical (unpaired) electrons. The van der Waals surface area contributed by atoms with Gasteiger partial charge < -0.3 is 20.1 Å². The summed E-state index contributed by atoms with van der Waals surface area (Å²) < 4.78 is 8.64. The number of benzene rings is 1. The maximum absolute atomic E-state index is 6.47. The van der Waals surface area contributed by atoms with Crippen molar-refractivity contribution in [1.82, 2.24) is 9.88 Å². The molecule has 5 rings (SSSR count). The van der Waals surface area contributed by atoms with Crippen LogP contribution >= 0.6 is 24.8 Å². The fourth-order valence-electron chi connectivity index (χ4n) is 4.56. The zero-order chi connectivity index (χ0) is 14.7. The number of rotatable bonds is 1. The molecule has 0 saturated carbocycles. The van der Waals surface area contributed by atoms with E-state index in [9.17, 15) is 0 Å². The Morgan fingerprint density at radius 2 is 1.84 bits per heavy atom. The summed E-state index contributed by atoms with van der Waals surface area (Å²) in [5, 5.41) is 4.93. The summed E-state index contributed by atoms with van der Waals surface area (Å²) in [7, 11) is 2.09. The van der Waals surface area contributed by atoms with Crippen LogP contribution in [0.25, 0.3) is 10.9 Å². The van der Waals surface area contributed by atoms with Gasteiger partial charge >= 0.3 is 0 Å². The normalized spacial score (nSPS) is 29.4. The monoisotopic (exact) mass is 385 g/mol. The molecule has 2 fully saturated rings. The molecule has 2 saturated heterocycles. The molecule has 1 spiro atoms. The number of fused-ring (bicyclic) bond motifs is 3. The average Bonchev–Trinajstić information content (AvgIpc) is 3.17. The summed E-state index contributed by atoms with van der Waals surface area (Å²) >= 11 is 0. The summed E-state index contributed by atoms with van der Waals surface area (Å²) in [6.07, 6.45) is 6.93. The number of aromatic nitrogens is 1. The van der Waals surface area contributed by atoms with Gasteiger partial charge in [0.1, 0.15) is 5.60 Å². The Kier molecular flexibility index (Phi) is 5.74. The Labute approximate surface area is 160 Å². The number of halogens is 2. The largest absolute Gasteiger partial charge is 0.469 e. The number of aryl methyl sites for hydroxylation is 1. The second-order valence-corrected chi connectivity index (χ2v) is 7.12. The van der Waals surface area contributed by atoms with Crippen molar-refractivity contribution in [3.63, 3.8) is 0 Å². The highest BCUT2D eigenvalue weighted by atomic mass is 35.5. The molecule has 4 heterocycles. The minimum Gasteiger partial charge on any atom is -0.469 e. The lowest BCUT2D eigenvalue weighted by Gasteiger charge is -2.37. The van der Waals surface area contributed by atoms with Gasteiger partial charge in [0.25, 0.3) is 0 Å². The smallest absolute Gasteiger partial charge is 0.219 e. The van der Waals surface area contributed by atoms with E-state index < -0.39 is 0 Å². The molecule has 1 aromatic heterocycles. The molecule has 3 aliphatic rings. The number of hydrogen-bond donors (Lipinski definition) is 1. The van der Waals surface area contributed by atoms with Gasteiger partial charge in [0.2, 0.25) is 5.90 Å². The molecular weight excluding hydrogens is 361 g/mol. The molecule has 0 amide bonds. The highest BCUT2D eigenvalue weighted by Crippen LogP contribution is 2.40. The first kappa shape index (κ1) is 20.0. The summed E-state index contributed by atoms with van der Waals surface area (Å²) in [6.45, 7) is 0.820. The number of nitrogens with zero attached hydrogens (tertiary/aromatic N) is 2. The van der Waals surface area contributed by atoms with E-state index in [-0.39, 0.29) is 35.9 Å². The number of para-hydroxylation sites is 1. The van der Waals surface area contributed by atoms with Crippen LogP contribution in [-0.4, -0.2) is 40.2 Å². The average molecular weight is 386 g/mol. The van der Waals surface area contributed by atoms with E-state index in [0.29, 0.717) is 12.1 Å². The highest BCUT2D eigenvalue weighted by Gasteiger charge is 2.48. The van der Waals surface area contributed by atoms with Gasteiger partial charge in [-0.3, -0.25) is 0 Å². The lowest BCUT2D eigenvalue weighted by Crippen LogP contribution is -2.50. The van der Waals surface area contributed by atoms with E-state index >= 15 is 0 Å². The zero-order valence-corrected chi connectivity index (χ0v) is 15.8. The van der Waals surface area contributed by atoms with Gasteiger partial charge in [0.15, 0.2) is 0 Å². The molecular formula is C18H25Cl2N3O2. The van der Waals surface area contributed by atoms with Crippen LogP contribution in [0.3, 0.4) is 0 Å². The molecule has 7 heteroatoms. The van der Waals surface area contributed by atoms with Crippen molar-refractivity contribution in [2.45, 2.75) is 43.4 Å². The predicted octanol–water partition coefficient (Wildman–Crippen LogP) is 2.63. The van der Waals surface area contributed by atoms with Crippen molar-refractivity contribution in [1.29, 1.82) is 0 Å².